The van der Waals surface area contributed by atoms with E-state index >= 15 is 0 Å². The first kappa shape index (κ1) is 11.5. The van der Waals surface area contributed by atoms with Crippen LogP contribution in [0.5, 0.6) is 0 Å². The minimum atomic E-state index is -0.422. The second kappa shape index (κ2) is 4.47. The van der Waals surface area contributed by atoms with Gasteiger partial charge >= 0.3 is 0 Å². The van der Waals surface area contributed by atoms with Gasteiger partial charge in [-0.3, -0.25) is 9.69 Å². The molecule has 0 aliphatic carbocycles. The van der Waals surface area contributed by atoms with Crippen molar-refractivity contribution in [2.24, 2.45) is 11.7 Å². The Morgan fingerprint density at radius 3 is 3.00 bits per heavy atom. The fourth-order valence-corrected chi connectivity index (χ4v) is 1.93. The number of anilines is 1. The lowest BCUT2D eigenvalue weighted by Gasteiger charge is -2.15. The highest BCUT2D eigenvalue weighted by Gasteiger charge is 2.30. The molecule has 2 N–H and O–H groups in total. The quantitative estimate of drug-likeness (QED) is 0.892. The van der Waals surface area contributed by atoms with Crippen LogP contribution in [-0.2, 0) is 4.79 Å². The molecule has 1 amide bonds. The van der Waals surface area contributed by atoms with Crippen LogP contribution < -0.4 is 10.6 Å². The number of carbonyl (C=O) groups excluding carboxylic acids is 1. The Kier molecular flexibility index (Phi) is 3.20. The summed E-state index contributed by atoms with van der Waals surface area (Å²) >= 11 is 3.02. The first-order valence-corrected chi connectivity index (χ1v) is 5.72. The molecule has 0 bridgehead atoms. The number of rotatable bonds is 2. The maximum Gasteiger partial charge on any atom is 0.228 e. The Balaban J connectivity index is 2.24. The van der Waals surface area contributed by atoms with Crippen LogP contribution in [0.3, 0.4) is 0 Å². The molecule has 1 atom stereocenters. The zero-order valence-electron chi connectivity index (χ0n) is 8.49. The van der Waals surface area contributed by atoms with Gasteiger partial charge in [-0.15, -0.1) is 0 Å². The summed E-state index contributed by atoms with van der Waals surface area (Å²) in [7, 11) is 0. The van der Waals surface area contributed by atoms with E-state index < -0.39 is 5.82 Å². The SMILES string of the molecule is NCC1CC(=O)N(c2cc(F)c(Br)cn2)C1. The van der Waals surface area contributed by atoms with Crippen molar-refractivity contribution >= 4 is 27.7 Å². The normalized spacial score (nSPS) is 20.6. The third-order valence-corrected chi connectivity index (χ3v) is 3.19. The van der Waals surface area contributed by atoms with Gasteiger partial charge in [-0.05, 0) is 28.4 Å². The molecule has 1 aromatic rings. The molecule has 16 heavy (non-hydrogen) atoms. The average molecular weight is 288 g/mol. The number of aromatic nitrogens is 1. The van der Waals surface area contributed by atoms with Crippen molar-refractivity contribution in [3.8, 4) is 0 Å². The predicted octanol–water partition coefficient (Wildman–Crippen LogP) is 1.29. The molecule has 2 heterocycles. The zero-order chi connectivity index (χ0) is 11.7. The van der Waals surface area contributed by atoms with Crippen molar-refractivity contribution < 1.29 is 9.18 Å². The van der Waals surface area contributed by atoms with Crippen LogP contribution in [0.4, 0.5) is 10.2 Å². The molecule has 1 aliphatic rings. The lowest BCUT2D eigenvalue weighted by Crippen LogP contribution is -2.26. The van der Waals surface area contributed by atoms with Crippen LogP contribution in [-0.4, -0.2) is 24.0 Å². The molecular formula is C10H11BrFN3O. The lowest BCUT2D eigenvalue weighted by atomic mass is 10.1. The molecule has 1 aromatic heterocycles. The molecule has 0 aromatic carbocycles. The smallest absolute Gasteiger partial charge is 0.228 e. The maximum absolute atomic E-state index is 13.3. The topological polar surface area (TPSA) is 59.2 Å². The second-order valence-electron chi connectivity index (χ2n) is 3.77. The molecule has 0 spiro atoms. The standard InChI is InChI=1S/C10H11BrFN3O/c11-7-4-14-9(2-8(7)12)15-5-6(3-13)1-10(15)16/h2,4,6H,1,3,5,13H2. The van der Waals surface area contributed by atoms with Gasteiger partial charge in [0, 0.05) is 25.2 Å². The van der Waals surface area contributed by atoms with E-state index in [0.29, 0.717) is 29.8 Å². The van der Waals surface area contributed by atoms with E-state index in [1.165, 1.54) is 17.2 Å². The molecule has 1 unspecified atom stereocenters. The van der Waals surface area contributed by atoms with Gasteiger partial charge in [0.15, 0.2) is 0 Å². The van der Waals surface area contributed by atoms with Gasteiger partial charge in [0.25, 0.3) is 0 Å². The first-order valence-electron chi connectivity index (χ1n) is 4.93. The summed E-state index contributed by atoms with van der Waals surface area (Å²) < 4.78 is 13.6. The van der Waals surface area contributed by atoms with Crippen molar-refractivity contribution in [3.05, 3.63) is 22.6 Å². The van der Waals surface area contributed by atoms with E-state index in [9.17, 15) is 9.18 Å². The first-order chi connectivity index (χ1) is 7.61. The largest absolute Gasteiger partial charge is 0.330 e. The highest BCUT2D eigenvalue weighted by molar-refractivity contribution is 9.10. The summed E-state index contributed by atoms with van der Waals surface area (Å²) in [6.45, 7) is 0.977. The fourth-order valence-electron chi connectivity index (χ4n) is 1.71. The Labute approximate surface area is 101 Å². The number of pyridine rings is 1. The van der Waals surface area contributed by atoms with E-state index in [4.69, 9.17) is 5.73 Å². The number of halogens is 2. The number of nitrogens with two attached hydrogens (primary N) is 1. The van der Waals surface area contributed by atoms with Gasteiger partial charge in [0.05, 0.1) is 4.47 Å². The van der Waals surface area contributed by atoms with Crippen LogP contribution in [0.1, 0.15) is 6.42 Å². The van der Waals surface area contributed by atoms with Crippen molar-refractivity contribution in [3.63, 3.8) is 0 Å². The molecule has 4 nitrogen and oxygen atoms in total. The summed E-state index contributed by atoms with van der Waals surface area (Å²) in [5.74, 6) is 0.0151. The number of carbonyl (C=O) groups is 1. The van der Waals surface area contributed by atoms with Gasteiger partial charge in [-0.1, -0.05) is 0 Å². The van der Waals surface area contributed by atoms with E-state index in [0.717, 1.165) is 0 Å². The Hall–Kier alpha value is -1.01. The van der Waals surface area contributed by atoms with E-state index in [-0.39, 0.29) is 11.8 Å². The Bertz CT molecular complexity index is 427. The van der Waals surface area contributed by atoms with Crippen molar-refractivity contribution in [2.75, 3.05) is 18.0 Å². The van der Waals surface area contributed by atoms with Gasteiger partial charge in [0.2, 0.25) is 5.91 Å². The summed E-state index contributed by atoms with van der Waals surface area (Å²) in [4.78, 5) is 17.1. The molecule has 86 valence electrons. The minimum absolute atomic E-state index is 0.0512. The van der Waals surface area contributed by atoms with Crippen molar-refractivity contribution in [1.82, 2.24) is 4.98 Å². The predicted molar refractivity (Wildman–Crippen MR) is 61.4 cm³/mol. The third-order valence-electron chi connectivity index (χ3n) is 2.61. The highest BCUT2D eigenvalue weighted by Crippen LogP contribution is 2.25. The third kappa shape index (κ3) is 2.08. The number of nitrogens with zero attached hydrogens (tertiary/aromatic N) is 2. The van der Waals surface area contributed by atoms with E-state index in [1.54, 1.807) is 0 Å². The molecule has 2 rings (SSSR count). The lowest BCUT2D eigenvalue weighted by molar-refractivity contribution is -0.117. The van der Waals surface area contributed by atoms with Crippen LogP contribution >= 0.6 is 15.9 Å². The molecule has 0 saturated carbocycles. The molecule has 6 heteroatoms. The zero-order valence-corrected chi connectivity index (χ0v) is 10.1. The van der Waals surface area contributed by atoms with Crippen molar-refractivity contribution in [1.29, 1.82) is 0 Å². The summed E-state index contributed by atoms with van der Waals surface area (Å²) in [5.41, 5.74) is 5.51. The van der Waals surface area contributed by atoms with Gasteiger partial charge in [-0.25, -0.2) is 9.37 Å². The summed E-state index contributed by atoms with van der Waals surface area (Å²) in [5, 5.41) is 0. The Morgan fingerprint density at radius 2 is 2.44 bits per heavy atom. The highest BCUT2D eigenvalue weighted by atomic mass is 79.9. The van der Waals surface area contributed by atoms with Gasteiger partial charge < -0.3 is 5.73 Å². The molecule has 1 aliphatic heterocycles. The monoisotopic (exact) mass is 287 g/mol. The molecule has 1 fully saturated rings. The fraction of sp³-hybridized carbons (Fsp3) is 0.400. The van der Waals surface area contributed by atoms with Crippen LogP contribution in [0.2, 0.25) is 0 Å². The molecule has 0 radical (unpaired) electrons. The van der Waals surface area contributed by atoms with Crippen LogP contribution in [0.15, 0.2) is 16.7 Å². The van der Waals surface area contributed by atoms with E-state index in [1.807, 2.05) is 0 Å². The van der Waals surface area contributed by atoms with E-state index in [2.05, 4.69) is 20.9 Å². The van der Waals surface area contributed by atoms with Gasteiger partial charge in [-0.2, -0.15) is 0 Å². The molecule has 1 saturated heterocycles. The second-order valence-corrected chi connectivity index (χ2v) is 4.62. The van der Waals surface area contributed by atoms with Crippen LogP contribution in [0.25, 0.3) is 0 Å². The Morgan fingerprint density at radius 1 is 1.69 bits per heavy atom. The van der Waals surface area contributed by atoms with Crippen LogP contribution in [0, 0.1) is 11.7 Å². The number of hydrogen-bond donors (Lipinski definition) is 1. The van der Waals surface area contributed by atoms with Gasteiger partial charge in [0.1, 0.15) is 11.6 Å². The summed E-state index contributed by atoms with van der Waals surface area (Å²) in [6, 6.07) is 1.25. The van der Waals surface area contributed by atoms with Crippen molar-refractivity contribution in [2.45, 2.75) is 6.42 Å². The number of amides is 1. The minimum Gasteiger partial charge on any atom is -0.330 e. The maximum atomic E-state index is 13.3. The molecular weight excluding hydrogens is 277 g/mol. The number of hydrogen-bond acceptors (Lipinski definition) is 3. The summed E-state index contributed by atoms with van der Waals surface area (Å²) in [6.07, 6.45) is 1.77. The average Bonchev–Trinajstić information content (AvgIpc) is 2.64.